The van der Waals surface area contributed by atoms with Crippen LogP contribution >= 0.6 is 39.1 Å². The predicted octanol–water partition coefficient (Wildman–Crippen LogP) is 3.87. The lowest BCUT2D eigenvalue weighted by Gasteiger charge is -2.09. The molecule has 0 saturated heterocycles. The second-order valence-corrected chi connectivity index (χ2v) is 4.87. The Morgan fingerprint density at radius 2 is 2.06 bits per heavy atom. The Morgan fingerprint density at radius 1 is 1.29 bits per heavy atom. The van der Waals surface area contributed by atoms with Crippen LogP contribution in [-0.4, -0.2) is 9.97 Å². The molecule has 0 atom stereocenters. The van der Waals surface area contributed by atoms with E-state index < -0.39 is 0 Å². The third kappa shape index (κ3) is 3.00. The average Bonchev–Trinajstić information content (AvgIpc) is 2.28. The number of nitrogens with one attached hydrogen (secondary N) is 1. The Hall–Kier alpha value is -1.04. The van der Waals surface area contributed by atoms with Crippen molar-refractivity contribution in [2.75, 3.05) is 11.1 Å². The molecule has 2 rings (SSSR count). The van der Waals surface area contributed by atoms with Crippen LogP contribution in [0.5, 0.6) is 0 Å². The Balaban J connectivity index is 2.37. The second-order valence-electron chi connectivity index (χ2n) is 3.17. The van der Waals surface area contributed by atoms with E-state index in [0.29, 0.717) is 26.0 Å². The molecule has 0 radical (unpaired) electrons. The minimum Gasteiger partial charge on any atom is -0.368 e. The van der Waals surface area contributed by atoms with Crippen molar-refractivity contribution in [3.63, 3.8) is 0 Å². The molecule has 0 aliphatic heterocycles. The van der Waals surface area contributed by atoms with Gasteiger partial charge in [-0.25, -0.2) is 4.98 Å². The van der Waals surface area contributed by atoms with E-state index in [0.717, 1.165) is 0 Å². The van der Waals surface area contributed by atoms with Crippen LogP contribution in [0.25, 0.3) is 0 Å². The van der Waals surface area contributed by atoms with Crippen molar-refractivity contribution in [3.05, 3.63) is 38.9 Å². The number of aromatic nitrogens is 2. The monoisotopic (exact) mass is 332 g/mol. The highest BCUT2D eigenvalue weighted by atomic mass is 79.9. The first-order valence-corrected chi connectivity index (χ1v) is 6.11. The number of nitrogens with two attached hydrogens (primary N) is 1. The molecule has 1 heterocycles. The Labute approximate surface area is 116 Å². The number of hydrogen-bond donors (Lipinski definition) is 2. The number of nitrogens with zero attached hydrogens (tertiary/aromatic N) is 2. The van der Waals surface area contributed by atoms with Crippen molar-refractivity contribution in [2.24, 2.45) is 0 Å². The molecule has 0 aliphatic carbocycles. The molecule has 0 unspecified atom stereocenters. The van der Waals surface area contributed by atoms with Crippen LogP contribution in [0.15, 0.2) is 28.9 Å². The van der Waals surface area contributed by atoms with Crippen molar-refractivity contribution in [1.29, 1.82) is 0 Å². The lowest BCUT2D eigenvalue weighted by atomic mass is 10.3. The third-order valence-corrected chi connectivity index (χ3v) is 3.09. The average molecular weight is 334 g/mol. The van der Waals surface area contributed by atoms with Gasteiger partial charge in [0.2, 0.25) is 5.95 Å². The quantitative estimate of drug-likeness (QED) is 0.875. The van der Waals surface area contributed by atoms with Gasteiger partial charge in [0, 0.05) is 11.2 Å². The molecule has 2 aromatic rings. The van der Waals surface area contributed by atoms with Gasteiger partial charge in [0.15, 0.2) is 0 Å². The van der Waals surface area contributed by atoms with E-state index in [1.165, 1.54) is 0 Å². The first-order chi connectivity index (χ1) is 8.06. The smallest absolute Gasteiger partial charge is 0.222 e. The van der Waals surface area contributed by atoms with Gasteiger partial charge < -0.3 is 11.1 Å². The maximum Gasteiger partial charge on any atom is 0.222 e. The normalized spacial score (nSPS) is 10.3. The van der Waals surface area contributed by atoms with E-state index in [9.17, 15) is 0 Å². The SMILES string of the molecule is Nc1ncc(Br)c(Nc2cc(Cl)ccc2Cl)n1. The van der Waals surface area contributed by atoms with Crippen LogP contribution in [0.4, 0.5) is 17.5 Å². The Bertz CT molecular complexity index is 512. The topological polar surface area (TPSA) is 63.8 Å². The fourth-order valence-electron chi connectivity index (χ4n) is 1.19. The third-order valence-electron chi connectivity index (χ3n) is 1.94. The molecule has 0 saturated carbocycles. The van der Waals surface area contributed by atoms with Gasteiger partial charge in [-0.05, 0) is 34.1 Å². The van der Waals surface area contributed by atoms with Crippen LogP contribution in [0.1, 0.15) is 0 Å². The number of rotatable bonds is 2. The molecule has 4 nitrogen and oxygen atoms in total. The van der Waals surface area contributed by atoms with Gasteiger partial charge in [0.1, 0.15) is 5.82 Å². The van der Waals surface area contributed by atoms with Crippen molar-refractivity contribution >= 4 is 56.6 Å². The second kappa shape index (κ2) is 5.08. The van der Waals surface area contributed by atoms with Crippen molar-refractivity contribution in [3.8, 4) is 0 Å². The van der Waals surface area contributed by atoms with Crippen molar-refractivity contribution in [1.82, 2.24) is 9.97 Å². The molecule has 1 aromatic carbocycles. The number of nitrogen functional groups attached to an aromatic ring is 1. The summed E-state index contributed by atoms with van der Waals surface area (Å²) in [6.07, 6.45) is 1.56. The molecule has 0 spiro atoms. The van der Waals surface area contributed by atoms with Gasteiger partial charge in [-0.1, -0.05) is 23.2 Å². The van der Waals surface area contributed by atoms with Crippen LogP contribution in [0, 0.1) is 0 Å². The summed E-state index contributed by atoms with van der Waals surface area (Å²) in [7, 11) is 0. The molecule has 17 heavy (non-hydrogen) atoms. The minimum atomic E-state index is 0.175. The highest BCUT2D eigenvalue weighted by molar-refractivity contribution is 9.10. The summed E-state index contributed by atoms with van der Waals surface area (Å²) in [5.74, 6) is 0.704. The maximum atomic E-state index is 6.03. The van der Waals surface area contributed by atoms with Crippen LogP contribution < -0.4 is 11.1 Å². The molecule has 0 bridgehead atoms. The van der Waals surface area contributed by atoms with Gasteiger partial charge in [0.05, 0.1) is 15.2 Å². The van der Waals surface area contributed by atoms with Crippen LogP contribution in [-0.2, 0) is 0 Å². The largest absolute Gasteiger partial charge is 0.368 e. The molecule has 1 aromatic heterocycles. The number of halogens is 3. The van der Waals surface area contributed by atoms with E-state index in [1.54, 1.807) is 24.4 Å². The lowest BCUT2D eigenvalue weighted by molar-refractivity contribution is 1.17. The summed E-state index contributed by atoms with van der Waals surface area (Å²) in [4.78, 5) is 7.89. The molecular weight excluding hydrogens is 327 g/mol. The van der Waals surface area contributed by atoms with E-state index >= 15 is 0 Å². The molecule has 0 fully saturated rings. The molecule has 88 valence electrons. The summed E-state index contributed by atoms with van der Waals surface area (Å²) in [6.45, 7) is 0. The summed E-state index contributed by atoms with van der Waals surface area (Å²) in [6, 6.07) is 5.11. The highest BCUT2D eigenvalue weighted by Crippen LogP contribution is 2.30. The molecule has 0 amide bonds. The van der Waals surface area contributed by atoms with Crippen molar-refractivity contribution in [2.45, 2.75) is 0 Å². The van der Waals surface area contributed by atoms with Gasteiger partial charge in [-0.3, -0.25) is 0 Å². The summed E-state index contributed by atoms with van der Waals surface area (Å²) >= 11 is 15.2. The number of benzene rings is 1. The van der Waals surface area contributed by atoms with E-state index in [1.807, 2.05) is 0 Å². The van der Waals surface area contributed by atoms with E-state index in [-0.39, 0.29) is 5.95 Å². The fourth-order valence-corrected chi connectivity index (χ4v) is 1.82. The number of hydrogen-bond acceptors (Lipinski definition) is 4. The standard InChI is InChI=1S/C10H7BrCl2N4/c11-6-4-15-10(14)17-9(6)16-8-3-5(12)1-2-7(8)13/h1-4H,(H3,14,15,16,17). The number of anilines is 3. The van der Waals surface area contributed by atoms with Crippen molar-refractivity contribution < 1.29 is 0 Å². The molecule has 7 heteroatoms. The predicted molar refractivity (Wildman–Crippen MR) is 73.9 cm³/mol. The minimum absolute atomic E-state index is 0.175. The Morgan fingerprint density at radius 3 is 2.82 bits per heavy atom. The first kappa shape index (κ1) is 12.4. The van der Waals surface area contributed by atoms with Gasteiger partial charge in [-0.15, -0.1) is 0 Å². The highest BCUT2D eigenvalue weighted by Gasteiger charge is 2.07. The summed E-state index contributed by atoms with van der Waals surface area (Å²) < 4.78 is 0.683. The summed E-state index contributed by atoms with van der Waals surface area (Å²) in [5, 5.41) is 4.15. The summed E-state index contributed by atoms with van der Waals surface area (Å²) in [5.41, 5.74) is 6.16. The fraction of sp³-hybridized carbons (Fsp3) is 0. The zero-order chi connectivity index (χ0) is 12.4. The lowest BCUT2D eigenvalue weighted by Crippen LogP contribution is -2.00. The zero-order valence-electron chi connectivity index (χ0n) is 8.42. The zero-order valence-corrected chi connectivity index (χ0v) is 11.5. The maximum absolute atomic E-state index is 6.03. The van der Waals surface area contributed by atoms with Gasteiger partial charge in [0.25, 0.3) is 0 Å². The molecular formula is C10H7BrCl2N4. The Kier molecular flexibility index (Phi) is 3.71. The van der Waals surface area contributed by atoms with Gasteiger partial charge >= 0.3 is 0 Å². The van der Waals surface area contributed by atoms with E-state index in [2.05, 4.69) is 31.2 Å². The molecule has 0 aliphatic rings. The van der Waals surface area contributed by atoms with Crippen LogP contribution in [0.2, 0.25) is 10.0 Å². The van der Waals surface area contributed by atoms with E-state index in [4.69, 9.17) is 28.9 Å². The molecule has 3 N–H and O–H groups in total. The van der Waals surface area contributed by atoms with Crippen LogP contribution in [0.3, 0.4) is 0 Å². The first-order valence-electron chi connectivity index (χ1n) is 4.56. The van der Waals surface area contributed by atoms with Gasteiger partial charge in [-0.2, -0.15) is 4.98 Å².